The van der Waals surface area contributed by atoms with E-state index in [0.29, 0.717) is 0 Å². The lowest BCUT2D eigenvalue weighted by Crippen LogP contribution is -2.17. The van der Waals surface area contributed by atoms with Gasteiger partial charge in [0.2, 0.25) is 5.91 Å². The standard InChI is InChI=1S/C12H14FNOSi/c1-16(2,3)8-7-9-10(12(14)15)5-4-6-11(9)13/h4-6H,1-3H3,(H2,14,15). The molecule has 0 unspecified atom stereocenters. The number of primary amides is 1. The van der Waals surface area contributed by atoms with Crippen LogP contribution >= 0.6 is 0 Å². The predicted molar refractivity (Wildman–Crippen MR) is 65.1 cm³/mol. The topological polar surface area (TPSA) is 43.1 Å². The van der Waals surface area contributed by atoms with Crippen LogP contribution in [0, 0.1) is 17.3 Å². The maximum absolute atomic E-state index is 13.5. The van der Waals surface area contributed by atoms with Crippen LogP contribution in [0.2, 0.25) is 19.6 Å². The van der Waals surface area contributed by atoms with Crippen molar-refractivity contribution < 1.29 is 9.18 Å². The smallest absolute Gasteiger partial charge is 0.250 e. The van der Waals surface area contributed by atoms with E-state index in [1.165, 1.54) is 18.2 Å². The third-order valence-corrected chi connectivity index (χ3v) is 2.72. The van der Waals surface area contributed by atoms with Gasteiger partial charge < -0.3 is 5.73 Å². The summed E-state index contributed by atoms with van der Waals surface area (Å²) in [6, 6.07) is 4.22. The van der Waals surface area contributed by atoms with Crippen LogP contribution < -0.4 is 5.73 Å². The van der Waals surface area contributed by atoms with Crippen molar-refractivity contribution in [3.63, 3.8) is 0 Å². The Morgan fingerprint density at radius 3 is 2.50 bits per heavy atom. The van der Waals surface area contributed by atoms with Gasteiger partial charge in [-0.25, -0.2) is 4.39 Å². The summed E-state index contributed by atoms with van der Waals surface area (Å²) in [5.74, 6) is 1.59. The second-order valence-electron chi connectivity index (χ2n) is 4.53. The fraction of sp³-hybridized carbons (Fsp3) is 0.250. The second kappa shape index (κ2) is 4.50. The van der Waals surface area contributed by atoms with E-state index in [2.05, 4.69) is 11.5 Å². The van der Waals surface area contributed by atoms with E-state index in [9.17, 15) is 9.18 Å². The van der Waals surface area contributed by atoms with Gasteiger partial charge in [-0.3, -0.25) is 4.79 Å². The van der Waals surface area contributed by atoms with Crippen molar-refractivity contribution in [1.82, 2.24) is 0 Å². The van der Waals surface area contributed by atoms with Gasteiger partial charge in [-0.15, -0.1) is 5.54 Å². The molecule has 4 heteroatoms. The summed E-state index contributed by atoms with van der Waals surface area (Å²) >= 11 is 0. The van der Waals surface area contributed by atoms with Crippen molar-refractivity contribution in [3.05, 3.63) is 35.1 Å². The van der Waals surface area contributed by atoms with Gasteiger partial charge in [0.15, 0.2) is 0 Å². The lowest BCUT2D eigenvalue weighted by Gasteiger charge is -2.05. The van der Waals surface area contributed by atoms with E-state index in [-0.39, 0.29) is 11.1 Å². The Balaban J connectivity index is 3.30. The van der Waals surface area contributed by atoms with Gasteiger partial charge >= 0.3 is 0 Å². The maximum Gasteiger partial charge on any atom is 0.250 e. The zero-order chi connectivity index (χ0) is 12.3. The molecular formula is C12H14FNOSi. The molecule has 0 aromatic heterocycles. The quantitative estimate of drug-likeness (QED) is 0.588. The molecule has 0 saturated heterocycles. The zero-order valence-corrected chi connectivity index (χ0v) is 10.6. The highest BCUT2D eigenvalue weighted by molar-refractivity contribution is 6.83. The highest BCUT2D eigenvalue weighted by atomic mass is 28.3. The van der Waals surface area contributed by atoms with E-state index < -0.39 is 19.8 Å². The largest absolute Gasteiger partial charge is 0.366 e. The van der Waals surface area contributed by atoms with Gasteiger partial charge in [-0.2, -0.15) is 0 Å². The van der Waals surface area contributed by atoms with Gasteiger partial charge in [0.05, 0.1) is 11.1 Å². The van der Waals surface area contributed by atoms with Crippen LogP contribution in [-0.4, -0.2) is 14.0 Å². The van der Waals surface area contributed by atoms with E-state index in [4.69, 9.17) is 5.73 Å². The minimum Gasteiger partial charge on any atom is -0.366 e. The van der Waals surface area contributed by atoms with Gasteiger partial charge in [0, 0.05) is 0 Å². The molecule has 16 heavy (non-hydrogen) atoms. The Hall–Kier alpha value is -1.60. The molecule has 2 nitrogen and oxygen atoms in total. The van der Waals surface area contributed by atoms with E-state index in [1.54, 1.807) is 0 Å². The van der Waals surface area contributed by atoms with Crippen LogP contribution in [0.5, 0.6) is 0 Å². The number of amides is 1. The Bertz CT molecular complexity index is 480. The minimum absolute atomic E-state index is 0.109. The van der Waals surface area contributed by atoms with Gasteiger partial charge in [0.1, 0.15) is 13.9 Å². The average Bonchev–Trinajstić information content (AvgIpc) is 2.13. The Kier molecular flexibility index (Phi) is 3.50. The monoisotopic (exact) mass is 235 g/mol. The Morgan fingerprint density at radius 1 is 1.38 bits per heavy atom. The fourth-order valence-electron chi connectivity index (χ4n) is 1.11. The number of benzene rings is 1. The first-order valence-electron chi connectivity index (χ1n) is 4.93. The normalized spacial score (nSPS) is 10.5. The highest BCUT2D eigenvalue weighted by Crippen LogP contribution is 2.12. The molecule has 0 bridgehead atoms. The molecule has 0 aliphatic carbocycles. The number of carbonyl (C=O) groups is 1. The minimum atomic E-state index is -1.60. The van der Waals surface area contributed by atoms with E-state index in [1.807, 2.05) is 19.6 Å². The first-order chi connectivity index (χ1) is 7.31. The van der Waals surface area contributed by atoms with Crippen LogP contribution in [0.3, 0.4) is 0 Å². The summed E-state index contributed by atoms with van der Waals surface area (Å²) < 4.78 is 13.5. The molecule has 1 aromatic carbocycles. The van der Waals surface area contributed by atoms with Crippen LogP contribution in [0.4, 0.5) is 4.39 Å². The second-order valence-corrected chi connectivity index (χ2v) is 9.28. The zero-order valence-electron chi connectivity index (χ0n) is 9.60. The van der Waals surface area contributed by atoms with Crippen molar-refractivity contribution in [2.75, 3.05) is 0 Å². The van der Waals surface area contributed by atoms with E-state index >= 15 is 0 Å². The predicted octanol–water partition coefficient (Wildman–Crippen LogP) is 2.15. The average molecular weight is 235 g/mol. The molecule has 0 aliphatic heterocycles. The summed E-state index contributed by atoms with van der Waals surface area (Å²) in [6.45, 7) is 6.14. The van der Waals surface area contributed by atoms with Crippen LogP contribution in [0.1, 0.15) is 15.9 Å². The van der Waals surface area contributed by atoms with Gasteiger partial charge in [-0.05, 0) is 12.1 Å². The summed E-state index contributed by atoms with van der Waals surface area (Å²) in [5, 5.41) is 0. The van der Waals surface area contributed by atoms with Crippen LogP contribution in [0.25, 0.3) is 0 Å². The van der Waals surface area contributed by atoms with Crippen molar-refractivity contribution in [2.45, 2.75) is 19.6 Å². The summed E-state index contributed by atoms with van der Waals surface area (Å²) in [7, 11) is -1.60. The molecule has 0 radical (unpaired) electrons. The molecule has 2 N–H and O–H groups in total. The van der Waals surface area contributed by atoms with Crippen LogP contribution in [-0.2, 0) is 0 Å². The molecule has 0 aliphatic rings. The molecule has 1 amide bonds. The van der Waals surface area contributed by atoms with Crippen molar-refractivity contribution in [2.24, 2.45) is 5.73 Å². The van der Waals surface area contributed by atoms with Crippen LogP contribution in [0.15, 0.2) is 18.2 Å². The molecule has 84 valence electrons. The Morgan fingerprint density at radius 2 is 2.00 bits per heavy atom. The molecule has 0 saturated carbocycles. The third-order valence-electron chi connectivity index (χ3n) is 1.84. The lowest BCUT2D eigenvalue weighted by molar-refractivity contribution is 0.0999. The summed E-state index contributed by atoms with van der Waals surface area (Å²) in [6.07, 6.45) is 0. The number of hydrogen-bond donors (Lipinski definition) is 1. The molecule has 0 spiro atoms. The first kappa shape index (κ1) is 12.5. The number of carbonyl (C=O) groups excluding carboxylic acids is 1. The highest BCUT2D eigenvalue weighted by Gasteiger charge is 2.12. The molecule has 1 rings (SSSR count). The first-order valence-corrected chi connectivity index (χ1v) is 8.43. The SMILES string of the molecule is C[Si](C)(C)C#Cc1c(F)cccc1C(N)=O. The molecular weight excluding hydrogens is 221 g/mol. The lowest BCUT2D eigenvalue weighted by atomic mass is 10.1. The number of nitrogens with two attached hydrogens (primary N) is 1. The third kappa shape index (κ3) is 3.21. The summed E-state index contributed by atoms with van der Waals surface area (Å²) in [5.41, 5.74) is 8.43. The van der Waals surface area contributed by atoms with E-state index in [0.717, 1.165) is 0 Å². The molecule has 0 heterocycles. The molecule has 0 atom stereocenters. The van der Waals surface area contributed by atoms with Crippen molar-refractivity contribution >= 4 is 14.0 Å². The fourth-order valence-corrected chi connectivity index (χ4v) is 1.61. The van der Waals surface area contributed by atoms with Gasteiger partial charge in [0.25, 0.3) is 0 Å². The van der Waals surface area contributed by atoms with Crippen molar-refractivity contribution in [3.8, 4) is 11.5 Å². The molecule has 0 fully saturated rings. The number of hydrogen-bond acceptors (Lipinski definition) is 1. The number of halogens is 1. The summed E-state index contributed by atoms with van der Waals surface area (Å²) in [4.78, 5) is 11.1. The maximum atomic E-state index is 13.5. The number of rotatable bonds is 1. The molecule has 1 aromatic rings. The van der Waals surface area contributed by atoms with Crippen molar-refractivity contribution in [1.29, 1.82) is 0 Å². The van der Waals surface area contributed by atoms with Gasteiger partial charge in [-0.1, -0.05) is 31.6 Å². The Labute approximate surface area is 95.7 Å².